The van der Waals surface area contributed by atoms with Gasteiger partial charge in [-0.1, -0.05) is 30.7 Å². The second-order valence-electron chi connectivity index (χ2n) is 7.31. The lowest BCUT2D eigenvalue weighted by Crippen LogP contribution is -2.41. The molecule has 1 atom stereocenters. The van der Waals surface area contributed by atoms with Gasteiger partial charge in [0.05, 0.1) is 29.6 Å². The van der Waals surface area contributed by atoms with Gasteiger partial charge in [-0.2, -0.15) is 4.31 Å². The van der Waals surface area contributed by atoms with E-state index in [2.05, 4.69) is 17.4 Å². The molecule has 1 amide bonds. The molecule has 30 heavy (non-hydrogen) atoms. The number of benzene rings is 2. The SMILES string of the molecule is CCN(CC(=O)N[C@@H](C)c1cc(C)c(C)cc1C)S(=O)(=O)c1ccc(OC)c(Cl)c1. The Morgan fingerprint density at radius 1 is 1.13 bits per heavy atom. The van der Waals surface area contributed by atoms with E-state index in [1.807, 2.05) is 27.7 Å². The number of hydrogen-bond acceptors (Lipinski definition) is 4. The van der Waals surface area contributed by atoms with Crippen molar-refractivity contribution in [3.63, 3.8) is 0 Å². The summed E-state index contributed by atoms with van der Waals surface area (Å²) < 4.78 is 32.2. The molecule has 0 saturated carbocycles. The first-order chi connectivity index (χ1) is 14.0. The second-order valence-corrected chi connectivity index (χ2v) is 9.65. The highest BCUT2D eigenvalue weighted by Crippen LogP contribution is 2.28. The summed E-state index contributed by atoms with van der Waals surface area (Å²) in [5, 5.41) is 3.10. The van der Waals surface area contributed by atoms with Crippen molar-refractivity contribution in [2.45, 2.75) is 45.6 Å². The maximum atomic E-state index is 13.0. The normalized spacial score (nSPS) is 12.7. The van der Waals surface area contributed by atoms with Crippen LogP contribution in [-0.4, -0.2) is 38.8 Å². The van der Waals surface area contributed by atoms with Crippen LogP contribution < -0.4 is 10.1 Å². The van der Waals surface area contributed by atoms with Gasteiger partial charge in [0.1, 0.15) is 5.75 Å². The van der Waals surface area contributed by atoms with Crippen molar-refractivity contribution in [2.24, 2.45) is 0 Å². The number of aryl methyl sites for hydroxylation is 3. The number of carbonyl (C=O) groups is 1. The fourth-order valence-electron chi connectivity index (χ4n) is 3.30. The lowest BCUT2D eigenvalue weighted by atomic mass is 9.96. The van der Waals surface area contributed by atoms with E-state index >= 15 is 0 Å². The van der Waals surface area contributed by atoms with E-state index in [-0.39, 0.29) is 35.0 Å². The van der Waals surface area contributed by atoms with Gasteiger partial charge in [-0.15, -0.1) is 0 Å². The zero-order valence-electron chi connectivity index (χ0n) is 18.2. The number of hydrogen-bond donors (Lipinski definition) is 1. The third-order valence-electron chi connectivity index (χ3n) is 5.16. The molecular weight excluding hydrogens is 424 g/mol. The van der Waals surface area contributed by atoms with E-state index in [9.17, 15) is 13.2 Å². The average molecular weight is 453 g/mol. The molecule has 0 spiro atoms. The molecule has 0 aliphatic rings. The van der Waals surface area contributed by atoms with E-state index in [4.69, 9.17) is 16.3 Å². The highest BCUT2D eigenvalue weighted by Gasteiger charge is 2.27. The molecule has 1 N–H and O–H groups in total. The van der Waals surface area contributed by atoms with Gasteiger partial charge in [0.2, 0.25) is 15.9 Å². The number of nitrogens with zero attached hydrogens (tertiary/aromatic N) is 1. The minimum Gasteiger partial charge on any atom is -0.495 e. The minimum atomic E-state index is -3.88. The molecule has 0 aliphatic carbocycles. The van der Waals surface area contributed by atoms with Crippen LogP contribution in [-0.2, 0) is 14.8 Å². The van der Waals surface area contributed by atoms with Crippen molar-refractivity contribution < 1.29 is 17.9 Å². The maximum Gasteiger partial charge on any atom is 0.243 e. The predicted octanol–water partition coefficient (Wildman–Crippen LogP) is 4.16. The van der Waals surface area contributed by atoms with Crippen LogP contribution in [0.5, 0.6) is 5.75 Å². The van der Waals surface area contributed by atoms with E-state index in [0.717, 1.165) is 21.0 Å². The Morgan fingerprint density at radius 3 is 2.33 bits per heavy atom. The number of amides is 1. The van der Waals surface area contributed by atoms with Crippen molar-refractivity contribution in [2.75, 3.05) is 20.2 Å². The zero-order valence-corrected chi connectivity index (χ0v) is 19.8. The highest BCUT2D eigenvalue weighted by atomic mass is 35.5. The van der Waals surface area contributed by atoms with Crippen molar-refractivity contribution in [3.05, 3.63) is 57.6 Å². The van der Waals surface area contributed by atoms with Gasteiger partial charge in [-0.3, -0.25) is 4.79 Å². The second kappa shape index (κ2) is 9.81. The molecular formula is C22H29ClN2O4S. The van der Waals surface area contributed by atoms with Crippen LogP contribution in [0, 0.1) is 20.8 Å². The molecule has 0 aromatic heterocycles. The molecule has 2 rings (SSSR count). The number of ether oxygens (including phenoxy) is 1. The van der Waals surface area contributed by atoms with Crippen LogP contribution in [0.3, 0.4) is 0 Å². The molecule has 0 heterocycles. The summed E-state index contributed by atoms with van der Waals surface area (Å²) in [7, 11) is -2.43. The summed E-state index contributed by atoms with van der Waals surface area (Å²) >= 11 is 6.08. The first-order valence-corrected chi connectivity index (χ1v) is 11.5. The summed E-state index contributed by atoms with van der Waals surface area (Å²) in [6.45, 7) is 9.52. The van der Waals surface area contributed by atoms with Gasteiger partial charge in [0.15, 0.2) is 0 Å². The summed E-state index contributed by atoms with van der Waals surface area (Å²) in [6.07, 6.45) is 0. The van der Waals surface area contributed by atoms with Crippen LogP contribution in [0.15, 0.2) is 35.2 Å². The lowest BCUT2D eigenvalue weighted by Gasteiger charge is -2.23. The zero-order chi connectivity index (χ0) is 22.6. The molecule has 2 aromatic rings. The summed E-state index contributed by atoms with van der Waals surface area (Å²) in [5.74, 6) is 0.0131. The molecule has 164 valence electrons. The van der Waals surface area contributed by atoms with Gasteiger partial charge in [-0.05, 0) is 68.1 Å². The van der Waals surface area contributed by atoms with Crippen molar-refractivity contribution in [1.82, 2.24) is 9.62 Å². The topological polar surface area (TPSA) is 75.7 Å². The monoisotopic (exact) mass is 452 g/mol. The minimum absolute atomic E-state index is 0.0148. The summed E-state index contributed by atoms with van der Waals surface area (Å²) in [6, 6.07) is 8.15. The van der Waals surface area contributed by atoms with E-state index in [1.54, 1.807) is 6.92 Å². The van der Waals surface area contributed by atoms with Gasteiger partial charge in [-0.25, -0.2) is 8.42 Å². The highest BCUT2D eigenvalue weighted by molar-refractivity contribution is 7.89. The first-order valence-electron chi connectivity index (χ1n) is 9.72. The number of sulfonamides is 1. The number of nitrogens with one attached hydrogen (secondary N) is 1. The molecule has 6 nitrogen and oxygen atoms in total. The van der Waals surface area contributed by atoms with Crippen molar-refractivity contribution >= 4 is 27.5 Å². The number of halogens is 1. The molecule has 0 unspecified atom stereocenters. The van der Waals surface area contributed by atoms with E-state index in [0.29, 0.717) is 5.75 Å². The van der Waals surface area contributed by atoms with Crippen LogP contribution in [0.2, 0.25) is 5.02 Å². The predicted molar refractivity (Wildman–Crippen MR) is 120 cm³/mol. The lowest BCUT2D eigenvalue weighted by molar-refractivity contribution is -0.121. The van der Waals surface area contributed by atoms with Gasteiger partial charge < -0.3 is 10.1 Å². The van der Waals surface area contributed by atoms with Crippen LogP contribution in [0.4, 0.5) is 0 Å². The molecule has 0 aliphatic heterocycles. The fourth-order valence-corrected chi connectivity index (χ4v) is 5.05. The molecule has 0 bridgehead atoms. The number of likely N-dealkylation sites (N-methyl/N-ethyl adjacent to an activating group) is 1. The Morgan fingerprint density at radius 2 is 1.77 bits per heavy atom. The molecule has 8 heteroatoms. The first kappa shape index (κ1) is 24.2. The molecule has 0 fully saturated rings. The molecule has 0 radical (unpaired) electrons. The van der Waals surface area contributed by atoms with Gasteiger partial charge in [0, 0.05) is 6.54 Å². The van der Waals surface area contributed by atoms with Gasteiger partial charge in [0.25, 0.3) is 0 Å². The third-order valence-corrected chi connectivity index (χ3v) is 7.37. The Balaban J connectivity index is 2.17. The maximum absolute atomic E-state index is 13.0. The number of carbonyl (C=O) groups excluding carboxylic acids is 1. The van der Waals surface area contributed by atoms with Crippen LogP contribution >= 0.6 is 11.6 Å². The van der Waals surface area contributed by atoms with Gasteiger partial charge >= 0.3 is 0 Å². The number of rotatable bonds is 8. The Hall–Kier alpha value is -2.09. The fraction of sp³-hybridized carbons (Fsp3) is 0.409. The Bertz CT molecular complexity index is 1040. The van der Waals surface area contributed by atoms with Crippen molar-refractivity contribution in [1.29, 1.82) is 0 Å². The van der Waals surface area contributed by atoms with Crippen LogP contribution in [0.25, 0.3) is 0 Å². The average Bonchev–Trinajstić information content (AvgIpc) is 2.68. The Kier molecular flexibility index (Phi) is 7.91. The molecule has 2 aromatic carbocycles. The van der Waals surface area contributed by atoms with E-state index < -0.39 is 10.0 Å². The third kappa shape index (κ3) is 5.33. The van der Waals surface area contributed by atoms with Crippen molar-refractivity contribution in [3.8, 4) is 5.75 Å². The summed E-state index contributed by atoms with van der Waals surface area (Å²) in [4.78, 5) is 12.7. The smallest absolute Gasteiger partial charge is 0.243 e. The van der Waals surface area contributed by atoms with E-state index in [1.165, 1.54) is 30.9 Å². The molecule has 0 saturated heterocycles. The summed E-state index contributed by atoms with van der Waals surface area (Å²) in [5.41, 5.74) is 4.43. The Labute approximate surface area is 184 Å². The standard InChI is InChI=1S/C22H29ClN2O4S/c1-7-25(30(27,28)18-8-9-21(29-6)20(23)12-18)13-22(26)24-17(5)19-11-15(3)14(2)10-16(19)4/h8-12,17H,7,13H2,1-6H3,(H,24,26)/t17-/m0/s1. The van der Waals surface area contributed by atoms with Crippen LogP contribution in [0.1, 0.15) is 42.1 Å². The largest absolute Gasteiger partial charge is 0.495 e. The number of methoxy groups -OCH3 is 1. The quantitative estimate of drug-likeness (QED) is 0.652.